The molecule has 0 aliphatic carbocycles. The van der Waals surface area contributed by atoms with Gasteiger partial charge in [0.1, 0.15) is 0 Å². The van der Waals surface area contributed by atoms with Crippen LogP contribution in [0, 0.1) is 47.4 Å². The van der Waals surface area contributed by atoms with E-state index in [1.54, 1.807) is 49.6 Å². The first-order chi connectivity index (χ1) is 20.8. The molecular weight excluding hydrogens is 512 g/mol. The Morgan fingerprint density at radius 1 is 0.357 bits per heavy atom. The summed E-state index contributed by atoms with van der Waals surface area (Å²) >= 11 is 0. The SMILES string of the molecule is C(#Cc1ccncc1)C(C#Cc1ccncc1)=Cc1ccc(C=C(C#Cc2ccncc2)C#Cc2ccncc2)cc1. The Morgan fingerprint density at radius 3 is 0.833 bits per heavy atom. The maximum absolute atomic E-state index is 4.06. The van der Waals surface area contributed by atoms with Crippen LogP contribution in [-0.4, -0.2) is 19.9 Å². The lowest BCUT2D eigenvalue weighted by Gasteiger charge is -1.98. The molecule has 194 valence electrons. The summed E-state index contributed by atoms with van der Waals surface area (Å²) < 4.78 is 0. The highest BCUT2D eigenvalue weighted by atomic mass is 14.6. The second-order valence-electron chi connectivity index (χ2n) is 8.73. The number of allylic oxidation sites excluding steroid dienone is 2. The number of aromatic nitrogens is 4. The fourth-order valence-electron chi connectivity index (χ4n) is 3.53. The molecule has 4 nitrogen and oxygen atoms in total. The summed E-state index contributed by atoms with van der Waals surface area (Å²) in [5.74, 6) is 25.5. The predicted molar refractivity (Wildman–Crippen MR) is 167 cm³/mol. The lowest BCUT2D eigenvalue weighted by atomic mass is 10.1. The Balaban J connectivity index is 1.45. The highest BCUT2D eigenvalue weighted by molar-refractivity contribution is 5.70. The van der Waals surface area contributed by atoms with Crippen molar-refractivity contribution in [1.29, 1.82) is 0 Å². The van der Waals surface area contributed by atoms with E-state index in [1.165, 1.54) is 0 Å². The van der Waals surface area contributed by atoms with Crippen molar-refractivity contribution in [3.8, 4) is 47.4 Å². The molecule has 0 saturated heterocycles. The molecule has 0 spiro atoms. The van der Waals surface area contributed by atoms with Gasteiger partial charge in [0.25, 0.3) is 0 Å². The van der Waals surface area contributed by atoms with Crippen molar-refractivity contribution in [3.05, 3.63) is 167 Å². The molecule has 42 heavy (non-hydrogen) atoms. The molecule has 4 aromatic heterocycles. The topological polar surface area (TPSA) is 51.6 Å². The quantitative estimate of drug-likeness (QED) is 0.252. The van der Waals surface area contributed by atoms with E-state index >= 15 is 0 Å². The van der Waals surface area contributed by atoms with Gasteiger partial charge < -0.3 is 0 Å². The molecule has 0 radical (unpaired) electrons. The van der Waals surface area contributed by atoms with Crippen LogP contribution in [0.4, 0.5) is 0 Å². The van der Waals surface area contributed by atoms with Gasteiger partial charge in [-0.05, 0) is 71.8 Å². The van der Waals surface area contributed by atoms with Crippen molar-refractivity contribution in [1.82, 2.24) is 19.9 Å². The molecule has 0 aliphatic heterocycles. The largest absolute Gasteiger partial charge is 0.265 e. The Labute approximate surface area is 246 Å². The number of rotatable bonds is 2. The minimum atomic E-state index is 0.694. The predicted octanol–water partition coefficient (Wildman–Crippen LogP) is 6.24. The van der Waals surface area contributed by atoms with Gasteiger partial charge in [0.05, 0.1) is 11.1 Å². The number of hydrogen-bond donors (Lipinski definition) is 0. The van der Waals surface area contributed by atoms with Crippen LogP contribution in [0.1, 0.15) is 33.4 Å². The molecule has 0 aliphatic rings. The highest BCUT2D eigenvalue weighted by Crippen LogP contribution is 2.13. The van der Waals surface area contributed by atoms with Gasteiger partial charge in [-0.3, -0.25) is 19.9 Å². The zero-order valence-electron chi connectivity index (χ0n) is 22.5. The van der Waals surface area contributed by atoms with Crippen molar-refractivity contribution in [2.24, 2.45) is 0 Å². The third kappa shape index (κ3) is 8.80. The summed E-state index contributed by atoms with van der Waals surface area (Å²) in [4.78, 5) is 16.2. The van der Waals surface area contributed by atoms with E-state index in [0.29, 0.717) is 11.1 Å². The molecule has 0 N–H and O–H groups in total. The average molecular weight is 535 g/mol. The Bertz CT molecular complexity index is 1680. The van der Waals surface area contributed by atoms with Crippen molar-refractivity contribution < 1.29 is 0 Å². The number of nitrogens with zero attached hydrogens (tertiary/aromatic N) is 4. The van der Waals surface area contributed by atoms with Gasteiger partial charge in [-0.1, -0.05) is 71.6 Å². The van der Waals surface area contributed by atoms with Crippen molar-refractivity contribution >= 4 is 12.2 Å². The fourth-order valence-corrected chi connectivity index (χ4v) is 3.53. The van der Waals surface area contributed by atoms with E-state index in [2.05, 4.69) is 67.3 Å². The minimum Gasteiger partial charge on any atom is -0.265 e. The van der Waals surface area contributed by atoms with Crippen LogP contribution in [0.5, 0.6) is 0 Å². The zero-order chi connectivity index (χ0) is 28.7. The van der Waals surface area contributed by atoms with Crippen LogP contribution in [0.2, 0.25) is 0 Å². The van der Waals surface area contributed by atoms with Crippen molar-refractivity contribution in [2.45, 2.75) is 0 Å². The van der Waals surface area contributed by atoms with Crippen LogP contribution in [0.15, 0.2) is 134 Å². The van der Waals surface area contributed by atoms with Crippen LogP contribution < -0.4 is 0 Å². The first-order valence-corrected chi connectivity index (χ1v) is 13.0. The van der Waals surface area contributed by atoms with Gasteiger partial charge in [-0.25, -0.2) is 0 Å². The van der Waals surface area contributed by atoms with E-state index in [1.807, 2.05) is 84.9 Å². The van der Waals surface area contributed by atoms with Gasteiger partial charge in [-0.2, -0.15) is 0 Å². The van der Waals surface area contributed by atoms with Crippen LogP contribution in [-0.2, 0) is 0 Å². The first-order valence-electron chi connectivity index (χ1n) is 13.0. The summed E-state index contributed by atoms with van der Waals surface area (Å²) in [5.41, 5.74) is 6.82. The smallest absolute Gasteiger partial charge is 0.0757 e. The Hall–Kier alpha value is -6.46. The van der Waals surface area contributed by atoms with Crippen LogP contribution in [0.3, 0.4) is 0 Å². The Morgan fingerprint density at radius 2 is 0.595 bits per heavy atom. The molecule has 0 amide bonds. The molecule has 4 heteroatoms. The second-order valence-corrected chi connectivity index (χ2v) is 8.73. The first kappa shape index (κ1) is 27.1. The molecule has 5 aromatic rings. The highest BCUT2D eigenvalue weighted by Gasteiger charge is 1.96. The van der Waals surface area contributed by atoms with Crippen LogP contribution >= 0.6 is 0 Å². The maximum Gasteiger partial charge on any atom is 0.0757 e. The van der Waals surface area contributed by atoms with E-state index in [-0.39, 0.29) is 0 Å². The average Bonchev–Trinajstić information content (AvgIpc) is 3.06. The van der Waals surface area contributed by atoms with Gasteiger partial charge in [0.2, 0.25) is 0 Å². The standard InChI is InChI=1S/C38H22N4/c1(31-13-21-39-22-14-31)5-35(6-2-32-15-23-40-24-16-32)29-37-9-11-38(12-10-37)30-36(7-3-33-17-25-41-26-18-33)8-4-34-19-27-42-28-20-34/h9-30H. The minimum absolute atomic E-state index is 0.694. The van der Waals surface area contributed by atoms with Crippen molar-refractivity contribution in [3.63, 3.8) is 0 Å². The van der Waals surface area contributed by atoms with Crippen molar-refractivity contribution in [2.75, 3.05) is 0 Å². The summed E-state index contributed by atoms with van der Waals surface area (Å²) in [6, 6.07) is 23.1. The van der Waals surface area contributed by atoms with Gasteiger partial charge in [0.15, 0.2) is 0 Å². The fraction of sp³-hybridized carbons (Fsp3) is 0. The van der Waals surface area contributed by atoms with E-state index < -0.39 is 0 Å². The van der Waals surface area contributed by atoms with E-state index in [0.717, 1.165) is 33.4 Å². The van der Waals surface area contributed by atoms with Gasteiger partial charge >= 0.3 is 0 Å². The Kier molecular flexibility index (Phi) is 9.44. The van der Waals surface area contributed by atoms with Gasteiger partial charge in [-0.15, -0.1) is 0 Å². The molecular formula is C38H22N4. The molecule has 4 heterocycles. The second kappa shape index (κ2) is 14.6. The molecule has 5 rings (SSSR count). The third-order valence-electron chi connectivity index (χ3n) is 5.65. The number of benzene rings is 1. The monoisotopic (exact) mass is 534 g/mol. The molecule has 0 saturated carbocycles. The normalized spacial score (nSPS) is 9.14. The molecule has 0 fully saturated rings. The molecule has 0 bridgehead atoms. The molecule has 1 aromatic carbocycles. The molecule has 0 unspecified atom stereocenters. The summed E-state index contributed by atoms with van der Waals surface area (Å²) in [6.07, 6.45) is 17.7. The van der Waals surface area contributed by atoms with Crippen LogP contribution in [0.25, 0.3) is 12.2 Å². The summed E-state index contributed by atoms with van der Waals surface area (Å²) in [5, 5.41) is 0. The third-order valence-corrected chi connectivity index (χ3v) is 5.65. The van der Waals surface area contributed by atoms with E-state index in [4.69, 9.17) is 0 Å². The maximum atomic E-state index is 4.06. The summed E-state index contributed by atoms with van der Waals surface area (Å²) in [6.45, 7) is 0. The lowest BCUT2D eigenvalue weighted by molar-refractivity contribution is 1.32. The summed E-state index contributed by atoms with van der Waals surface area (Å²) in [7, 11) is 0. The van der Waals surface area contributed by atoms with Gasteiger partial charge in [0, 0.05) is 71.8 Å². The lowest BCUT2D eigenvalue weighted by Crippen LogP contribution is -1.82. The molecule has 0 atom stereocenters. The zero-order valence-corrected chi connectivity index (χ0v) is 22.5. The van der Waals surface area contributed by atoms with E-state index in [9.17, 15) is 0 Å². The number of hydrogen-bond acceptors (Lipinski definition) is 4. The number of pyridine rings is 4.